The van der Waals surface area contributed by atoms with E-state index in [9.17, 15) is 0 Å². The maximum atomic E-state index is 8.07. The number of hydrogen-bond acceptors (Lipinski definition) is 1. The molecule has 0 aliphatic carbocycles. The van der Waals surface area contributed by atoms with Gasteiger partial charge in [-0.1, -0.05) is 13.3 Å². The predicted molar refractivity (Wildman–Crippen MR) is 39.6 cm³/mol. The Kier molecular flexibility index (Phi) is 17.7. The van der Waals surface area contributed by atoms with Gasteiger partial charge < -0.3 is 5.11 Å². The first-order valence-electron chi connectivity index (χ1n) is 2.42. The van der Waals surface area contributed by atoms with E-state index in [1.807, 2.05) is 0 Å². The van der Waals surface area contributed by atoms with Crippen LogP contribution in [0.5, 0.6) is 0 Å². The number of halogens is 3. The number of hydrogen-bond donors (Lipinski definition) is 1. The average Bonchev–Trinajstić information content (AvgIpc) is 1.66. The first-order chi connectivity index (χ1) is 4.15. The fourth-order valence-electron chi connectivity index (χ4n) is 0.158. The van der Waals surface area contributed by atoms with Gasteiger partial charge in [0.15, 0.2) is 0 Å². The molecule has 0 radical (unpaired) electrons. The van der Waals surface area contributed by atoms with Crippen LogP contribution in [0, 0.1) is 0 Å². The molecule has 0 saturated heterocycles. The Morgan fingerprint density at radius 1 is 1.33 bits per heavy atom. The fourth-order valence-corrected chi connectivity index (χ4v) is 0.158. The summed E-state index contributed by atoms with van der Waals surface area (Å²) in [5.41, 5.74) is 0. The normalized spacial score (nSPS) is 9.67. The molecule has 0 saturated carbocycles. The van der Waals surface area contributed by atoms with Crippen LogP contribution in [-0.2, 0) is 13.0 Å². The van der Waals surface area contributed by atoms with Crippen LogP contribution in [0.1, 0.15) is 19.8 Å². The van der Waals surface area contributed by atoms with Crippen LogP contribution < -0.4 is 0 Å². The molecule has 0 aromatic rings. The number of aliphatic hydroxyl groups is 1. The van der Waals surface area contributed by atoms with E-state index in [-0.39, 0.29) is 0 Å². The van der Waals surface area contributed by atoms with E-state index in [2.05, 4.69) is 6.92 Å². The Balaban J connectivity index is 0. The van der Waals surface area contributed by atoms with Gasteiger partial charge in [0.2, 0.25) is 0 Å². The first kappa shape index (κ1) is 13.1. The second kappa shape index (κ2) is 12.2. The summed E-state index contributed by atoms with van der Waals surface area (Å²) in [6.07, 6.45) is 2.04. The molecule has 9 heavy (non-hydrogen) atoms. The van der Waals surface area contributed by atoms with Crippen molar-refractivity contribution in [2.75, 3.05) is 6.61 Å². The number of unbranched alkanes of at least 4 members (excludes halogenated alkanes) is 1. The minimum atomic E-state index is -1.75. The van der Waals surface area contributed by atoms with Gasteiger partial charge in [0, 0.05) is 6.61 Å². The summed E-state index contributed by atoms with van der Waals surface area (Å²) in [5, 5.41) is 8.07. The molecular formula is C4H10Cl3ORu. The molecule has 5 heteroatoms. The maximum absolute atomic E-state index is 8.07. The molecule has 0 aliphatic rings. The summed E-state index contributed by atoms with van der Waals surface area (Å²) in [5.74, 6) is 0. The summed E-state index contributed by atoms with van der Waals surface area (Å²) in [6, 6.07) is 0. The zero-order chi connectivity index (χ0) is 7.70. The van der Waals surface area contributed by atoms with Crippen molar-refractivity contribution < 1.29 is 18.1 Å². The van der Waals surface area contributed by atoms with Crippen LogP contribution >= 0.6 is 29.1 Å². The second-order valence-electron chi connectivity index (χ2n) is 1.23. The third-order valence-corrected chi connectivity index (χ3v) is 0.512. The topological polar surface area (TPSA) is 20.2 Å². The third-order valence-electron chi connectivity index (χ3n) is 0.512. The monoisotopic (exact) mass is 281 g/mol. The molecule has 0 aromatic carbocycles. The van der Waals surface area contributed by atoms with Gasteiger partial charge in [0.1, 0.15) is 0 Å². The van der Waals surface area contributed by atoms with Gasteiger partial charge in [-0.25, -0.2) is 0 Å². The van der Waals surface area contributed by atoms with E-state index >= 15 is 0 Å². The van der Waals surface area contributed by atoms with E-state index in [0.29, 0.717) is 6.61 Å². The molecule has 0 fully saturated rings. The van der Waals surface area contributed by atoms with Crippen molar-refractivity contribution >= 4 is 29.1 Å². The van der Waals surface area contributed by atoms with Gasteiger partial charge in [0.25, 0.3) is 0 Å². The van der Waals surface area contributed by atoms with Crippen molar-refractivity contribution in [1.29, 1.82) is 0 Å². The minimum absolute atomic E-state index is 0.344. The molecular weight excluding hydrogens is 271 g/mol. The summed E-state index contributed by atoms with van der Waals surface area (Å²) in [6.45, 7) is 2.40. The van der Waals surface area contributed by atoms with Crippen LogP contribution in [0.4, 0.5) is 0 Å². The van der Waals surface area contributed by atoms with Crippen molar-refractivity contribution in [3.63, 3.8) is 0 Å². The number of aliphatic hydroxyl groups excluding tert-OH is 1. The van der Waals surface area contributed by atoms with Gasteiger partial charge in [0.05, 0.1) is 0 Å². The van der Waals surface area contributed by atoms with E-state index in [4.69, 9.17) is 34.2 Å². The molecule has 0 spiro atoms. The van der Waals surface area contributed by atoms with Crippen LogP contribution in [-0.4, -0.2) is 11.7 Å². The molecule has 0 amide bonds. The van der Waals surface area contributed by atoms with Gasteiger partial charge in [-0.05, 0) is 6.42 Å². The van der Waals surface area contributed by atoms with Gasteiger partial charge in [-0.3, -0.25) is 0 Å². The average molecular weight is 282 g/mol. The quantitative estimate of drug-likeness (QED) is 0.772. The molecule has 0 heterocycles. The SMILES string of the molecule is CCCCO.[Cl][Ru]([Cl])[Cl]. The first-order valence-corrected chi connectivity index (χ1v) is 9.14. The van der Waals surface area contributed by atoms with E-state index in [1.165, 1.54) is 0 Å². The van der Waals surface area contributed by atoms with Crippen LogP contribution in [0.25, 0.3) is 0 Å². The Morgan fingerprint density at radius 3 is 1.67 bits per heavy atom. The van der Waals surface area contributed by atoms with E-state index in [1.54, 1.807) is 0 Å². The number of rotatable bonds is 2. The van der Waals surface area contributed by atoms with Crippen molar-refractivity contribution in [1.82, 2.24) is 0 Å². The molecule has 0 bridgehead atoms. The van der Waals surface area contributed by atoms with Gasteiger partial charge in [-0.15, -0.1) is 0 Å². The predicted octanol–water partition coefficient (Wildman–Crippen LogP) is 2.84. The Labute approximate surface area is 73.3 Å². The molecule has 0 atom stereocenters. The molecule has 1 N–H and O–H groups in total. The van der Waals surface area contributed by atoms with Crippen molar-refractivity contribution in [2.45, 2.75) is 19.8 Å². The third kappa shape index (κ3) is 44.0. The molecule has 1 nitrogen and oxygen atoms in total. The van der Waals surface area contributed by atoms with Crippen LogP contribution in [0.3, 0.4) is 0 Å². The summed E-state index contributed by atoms with van der Waals surface area (Å²) in [7, 11) is 14.8. The summed E-state index contributed by atoms with van der Waals surface area (Å²) in [4.78, 5) is 0. The van der Waals surface area contributed by atoms with Gasteiger partial charge >= 0.3 is 42.1 Å². The zero-order valence-electron chi connectivity index (χ0n) is 5.06. The Hall–Kier alpha value is 1.45. The summed E-state index contributed by atoms with van der Waals surface area (Å²) >= 11 is -1.75. The molecule has 0 aliphatic heterocycles. The molecule has 0 unspecified atom stereocenters. The van der Waals surface area contributed by atoms with Crippen molar-refractivity contribution in [3.05, 3.63) is 0 Å². The summed E-state index contributed by atoms with van der Waals surface area (Å²) < 4.78 is 0. The van der Waals surface area contributed by atoms with Crippen LogP contribution in [0.15, 0.2) is 0 Å². The van der Waals surface area contributed by atoms with E-state index in [0.717, 1.165) is 12.8 Å². The van der Waals surface area contributed by atoms with Crippen LogP contribution in [0.2, 0.25) is 0 Å². The van der Waals surface area contributed by atoms with Gasteiger partial charge in [-0.2, -0.15) is 0 Å². The van der Waals surface area contributed by atoms with Crippen molar-refractivity contribution in [3.8, 4) is 0 Å². The molecule has 0 rings (SSSR count). The standard InChI is InChI=1S/C4H10O.3ClH.Ru/c1-2-3-4-5;;;;/h5H,2-4H2,1H3;3*1H;/q;;;;+3/p-3. The Morgan fingerprint density at radius 2 is 1.67 bits per heavy atom. The van der Waals surface area contributed by atoms with E-state index < -0.39 is 13.0 Å². The molecule has 61 valence electrons. The van der Waals surface area contributed by atoms with Crippen molar-refractivity contribution in [2.24, 2.45) is 0 Å². The molecule has 0 aromatic heterocycles. The fraction of sp³-hybridized carbons (Fsp3) is 1.00. The second-order valence-corrected chi connectivity index (χ2v) is 9.14. The zero-order valence-corrected chi connectivity index (χ0v) is 9.06. The Bertz CT molecular complexity index is 40.0.